The van der Waals surface area contributed by atoms with E-state index >= 15 is 0 Å². The summed E-state index contributed by atoms with van der Waals surface area (Å²) in [4.78, 5) is 12.3. The van der Waals surface area contributed by atoms with E-state index in [4.69, 9.17) is 4.74 Å². The molecule has 0 saturated heterocycles. The fourth-order valence-electron chi connectivity index (χ4n) is 4.82. The van der Waals surface area contributed by atoms with Crippen molar-refractivity contribution in [2.75, 3.05) is 0 Å². The summed E-state index contributed by atoms with van der Waals surface area (Å²) in [5.41, 5.74) is 0. The maximum atomic E-state index is 12.3. The molecule has 1 aliphatic rings. The van der Waals surface area contributed by atoms with E-state index in [1.54, 1.807) is 0 Å². The molecule has 0 aromatic rings. The maximum absolute atomic E-state index is 12.3. The van der Waals surface area contributed by atoms with Crippen LogP contribution in [0.1, 0.15) is 137 Å². The van der Waals surface area contributed by atoms with E-state index in [0.717, 1.165) is 19.3 Å². The molecule has 0 bridgehead atoms. The summed E-state index contributed by atoms with van der Waals surface area (Å²) in [7, 11) is 0. The Bertz CT molecular complexity index is 440. The van der Waals surface area contributed by atoms with Crippen molar-refractivity contribution in [3.63, 3.8) is 0 Å². The molecular weight excluding hydrogens is 368 g/mol. The Hall–Kier alpha value is -0.790. The van der Waals surface area contributed by atoms with Crippen molar-refractivity contribution in [2.45, 2.75) is 143 Å². The molecule has 176 valence electrons. The Morgan fingerprint density at radius 1 is 0.867 bits per heavy atom. The molecular formula is C28H52O2. The second-order valence-corrected chi connectivity index (χ2v) is 10.2. The highest BCUT2D eigenvalue weighted by molar-refractivity contribution is 5.69. The van der Waals surface area contributed by atoms with Crippen molar-refractivity contribution in [2.24, 2.45) is 17.8 Å². The van der Waals surface area contributed by atoms with Gasteiger partial charge in [0.15, 0.2) is 0 Å². The monoisotopic (exact) mass is 420 g/mol. The van der Waals surface area contributed by atoms with Gasteiger partial charge in [0, 0.05) is 6.42 Å². The normalized spacial score (nSPS) is 22.1. The highest BCUT2D eigenvalue weighted by Gasteiger charge is 2.33. The Morgan fingerprint density at radius 3 is 2.03 bits per heavy atom. The van der Waals surface area contributed by atoms with Crippen LogP contribution >= 0.6 is 0 Å². The van der Waals surface area contributed by atoms with Crippen LogP contribution in [0.3, 0.4) is 0 Å². The number of carbonyl (C=O) groups is 1. The van der Waals surface area contributed by atoms with E-state index in [0.29, 0.717) is 24.2 Å². The van der Waals surface area contributed by atoms with E-state index in [2.05, 4.69) is 39.8 Å². The summed E-state index contributed by atoms with van der Waals surface area (Å²) in [6.07, 6.45) is 25.8. The number of hydrogen-bond acceptors (Lipinski definition) is 2. The van der Waals surface area contributed by atoms with Gasteiger partial charge in [-0.3, -0.25) is 4.79 Å². The zero-order valence-corrected chi connectivity index (χ0v) is 20.8. The first-order chi connectivity index (χ1) is 14.5. The van der Waals surface area contributed by atoms with Gasteiger partial charge in [-0.15, -0.1) is 0 Å². The van der Waals surface area contributed by atoms with Crippen molar-refractivity contribution in [1.82, 2.24) is 0 Å². The lowest BCUT2D eigenvalue weighted by molar-refractivity contribution is -0.156. The number of ether oxygens (including phenoxy) is 1. The molecule has 0 amide bonds. The topological polar surface area (TPSA) is 26.3 Å². The van der Waals surface area contributed by atoms with Crippen LogP contribution in [0.4, 0.5) is 0 Å². The standard InChI is InChI=1S/C28H52O2/c1-5-6-7-8-9-10-11-12-13-14-15-16-17-18-19-20-28(29)30-27-23-25(4)21-22-26(27)24(2)3/h12-13,24-27H,5-11,14-23H2,1-4H3. The molecule has 0 aromatic carbocycles. The van der Waals surface area contributed by atoms with Crippen LogP contribution in [0.2, 0.25) is 0 Å². The van der Waals surface area contributed by atoms with Gasteiger partial charge in [0.1, 0.15) is 6.10 Å². The Labute approximate surface area is 188 Å². The van der Waals surface area contributed by atoms with Crippen molar-refractivity contribution >= 4 is 5.97 Å². The van der Waals surface area contributed by atoms with Crippen molar-refractivity contribution in [3.05, 3.63) is 12.2 Å². The second kappa shape index (κ2) is 17.8. The molecule has 0 spiro atoms. The van der Waals surface area contributed by atoms with Crippen LogP contribution in [0.25, 0.3) is 0 Å². The van der Waals surface area contributed by atoms with E-state index in [1.165, 1.54) is 83.5 Å². The minimum Gasteiger partial charge on any atom is -0.462 e. The van der Waals surface area contributed by atoms with E-state index in [-0.39, 0.29) is 12.1 Å². The number of esters is 1. The largest absolute Gasteiger partial charge is 0.462 e. The second-order valence-electron chi connectivity index (χ2n) is 10.2. The average molecular weight is 421 g/mol. The maximum Gasteiger partial charge on any atom is 0.306 e. The molecule has 1 fully saturated rings. The highest BCUT2D eigenvalue weighted by atomic mass is 16.5. The minimum atomic E-state index is 0.0392. The predicted octanol–water partition coefficient (Wildman–Crippen LogP) is 9.03. The van der Waals surface area contributed by atoms with E-state index in [1.807, 2.05) is 0 Å². The van der Waals surface area contributed by atoms with Crippen LogP contribution in [0, 0.1) is 17.8 Å². The van der Waals surface area contributed by atoms with Gasteiger partial charge in [0.05, 0.1) is 0 Å². The number of rotatable bonds is 17. The number of allylic oxidation sites excluding steroid dienone is 2. The summed E-state index contributed by atoms with van der Waals surface area (Å²) < 4.78 is 5.91. The summed E-state index contributed by atoms with van der Waals surface area (Å²) in [5.74, 6) is 1.89. The lowest BCUT2D eigenvalue weighted by atomic mass is 9.75. The fraction of sp³-hybridized carbons (Fsp3) is 0.893. The molecule has 0 aliphatic heterocycles. The zero-order valence-electron chi connectivity index (χ0n) is 20.8. The fourth-order valence-corrected chi connectivity index (χ4v) is 4.82. The number of unbranched alkanes of at least 4 members (excludes halogenated alkanes) is 11. The molecule has 2 nitrogen and oxygen atoms in total. The molecule has 0 aromatic heterocycles. The van der Waals surface area contributed by atoms with Crippen LogP contribution in [0.5, 0.6) is 0 Å². The highest BCUT2D eigenvalue weighted by Crippen LogP contribution is 2.35. The average Bonchev–Trinajstić information content (AvgIpc) is 2.70. The summed E-state index contributed by atoms with van der Waals surface area (Å²) in [6, 6.07) is 0. The summed E-state index contributed by atoms with van der Waals surface area (Å²) >= 11 is 0. The van der Waals surface area contributed by atoms with Gasteiger partial charge >= 0.3 is 5.97 Å². The van der Waals surface area contributed by atoms with Gasteiger partial charge in [-0.05, 0) is 62.7 Å². The molecule has 30 heavy (non-hydrogen) atoms. The first-order valence-electron chi connectivity index (χ1n) is 13.4. The van der Waals surface area contributed by atoms with Gasteiger partial charge in [0.2, 0.25) is 0 Å². The Morgan fingerprint density at radius 2 is 1.43 bits per heavy atom. The van der Waals surface area contributed by atoms with E-state index < -0.39 is 0 Å². The lowest BCUT2D eigenvalue weighted by Gasteiger charge is -2.36. The van der Waals surface area contributed by atoms with Gasteiger partial charge in [-0.2, -0.15) is 0 Å². The molecule has 3 atom stereocenters. The van der Waals surface area contributed by atoms with Crippen LogP contribution in [-0.2, 0) is 9.53 Å². The first-order valence-corrected chi connectivity index (χ1v) is 13.4. The Balaban J connectivity index is 1.96. The molecule has 2 heteroatoms. The van der Waals surface area contributed by atoms with Crippen LogP contribution in [0.15, 0.2) is 12.2 Å². The summed E-state index contributed by atoms with van der Waals surface area (Å²) in [5, 5.41) is 0. The third-order valence-corrected chi connectivity index (χ3v) is 6.89. The third kappa shape index (κ3) is 13.5. The molecule has 1 saturated carbocycles. The molecule has 1 rings (SSSR count). The van der Waals surface area contributed by atoms with Crippen LogP contribution in [-0.4, -0.2) is 12.1 Å². The molecule has 0 N–H and O–H groups in total. The smallest absolute Gasteiger partial charge is 0.306 e. The molecule has 0 heterocycles. The number of carbonyl (C=O) groups excluding carboxylic acids is 1. The molecule has 0 radical (unpaired) electrons. The molecule has 3 unspecified atom stereocenters. The van der Waals surface area contributed by atoms with Gasteiger partial charge in [0.25, 0.3) is 0 Å². The number of hydrogen-bond donors (Lipinski definition) is 0. The predicted molar refractivity (Wildman–Crippen MR) is 131 cm³/mol. The van der Waals surface area contributed by atoms with Gasteiger partial charge in [-0.25, -0.2) is 0 Å². The van der Waals surface area contributed by atoms with Crippen molar-refractivity contribution in [1.29, 1.82) is 0 Å². The SMILES string of the molecule is CCCCCCCCC=CCCCCCCCC(=O)OC1CC(C)CCC1C(C)C. The third-order valence-electron chi connectivity index (χ3n) is 6.89. The zero-order chi connectivity index (χ0) is 22.0. The van der Waals surface area contributed by atoms with E-state index in [9.17, 15) is 4.79 Å². The van der Waals surface area contributed by atoms with Gasteiger partial charge in [-0.1, -0.05) is 97.6 Å². The first kappa shape index (κ1) is 27.2. The molecule has 1 aliphatic carbocycles. The quantitative estimate of drug-likeness (QED) is 0.133. The Kier molecular flexibility index (Phi) is 16.2. The lowest BCUT2D eigenvalue weighted by Crippen LogP contribution is -2.35. The summed E-state index contributed by atoms with van der Waals surface area (Å²) in [6.45, 7) is 9.11. The van der Waals surface area contributed by atoms with Crippen molar-refractivity contribution < 1.29 is 9.53 Å². The minimum absolute atomic E-state index is 0.0392. The van der Waals surface area contributed by atoms with Crippen molar-refractivity contribution in [3.8, 4) is 0 Å². The van der Waals surface area contributed by atoms with Crippen LogP contribution < -0.4 is 0 Å². The van der Waals surface area contributed by atoms with Gasteiger partial charge < -0.3 is 4.74 Å².